The Morgan fingerprint density at radius 2 is 1.90 bits per heavy atom. The van der Waals surface area contributed by atoms with E-state index in [0.717, 1.165) is 29.2 Å². The summed E-state index contributed by atoms with van der Waals surface area (Å²) in [7, 11) is 0. The Hall–Kier alpha value is -2.67. The van der Waals surface area contributed by atoms with Gasteiger partial charge in [-0.05, 0) is 44.4 Å². The quantitative estimate of drug-likeness (QED) is 0.453. The third-order valence-corrected chi connectivity index (χ3v) is 6.16. The van der Waals surface area contributed by atoms with Crippen LogP contribution < -0.4 is 4.74 Å². The molecular weight excluding hydrogens is 400 g/mol. The van der Waals surface area contributed by atoms with Crippen LogP contribution in [0, 0.1) is 13.8 Å². The second-order valence-corrected chi connectivity index (χ2v) is 8.61. The molecule has 30 heavy (non-hydrogen) atoms. The number of ether oxygens (including phenoxy) is 1. The fourth-order valence-electron chi connectivity index (χ4n) is 3.65. The van der Waals surface area contributed by atoms with Crippen molar-refractivity contribution in [1.82, 2.24) is 9.88 Å². The lowest BCUT2D eigenvalue weighted by Crippen LogP contribution is -2.31. The van der Waals surface area contributed by atoms with Gasteiger partial charge in [-0.25, -0.2) is 4.98 Å². The number of aromatic nitrogens is 1. The zero-order chi connectivity index (χ0) is 21.8. The van der Waals surface area contributed by atoms with Crippen LogP contribution in [-0.2, 0) is 4.79 Å². The van der Waals surface area contributed by atoms with Crippen LogP contribution in [0.4, 0.5) is 0 Å². The molecule has 0 aliphatic carbocycles. The Bertz CT molecular complexity index is 962. The van der Waals surface area contributed by atoms with Crippen LogP contribution in [0.5, 0.6) is 5.75 Å². The van der Waals surface area contributed by atoms with E-state index in [2.05, 4.69) is 11.9 Å². The third-order valence-electron chi connectivity index (χ3n) is 5.09. The number of nitrogens with zero attached hydrogens (tertiary/aromatic N) is 2. The second-order valence-electron chi connectivity index (χ2n) is 7.41. The molecule has 1 atom stereocenters. The summed E-state index contributed by atoms with van der Waals surface area (Å²) in [5.41, 5.74) is 1.51. The number of rotatable bonds is 9. The molecule has 1 aromatic heterocycles. The highest BCUT2D eigenvalue weighted by Gasteiger charge is 2.44. The summed E-state index contributed by atoms with van der Waals surface area (Å²) < 4.78 is 5.73. The number of carbonyl (C=O) groups is 2. The molecule has 0 fully saturated rings. The van der Waals surface area contributed by atoms with Gasteiger partial charge in [0.05, 0.1) is 33.8 Å². The molecule has 0 spiro atoms. The van der Waals surface area contributed by atoms with Crippen LogP contribution >= 0.6 is 11.3 Å². The van der Waals surface area contributed by atoms with Crippen molar-refractivity contribution in [3.63, 3.8) is 0 Å². The molecule has 1 aliphatic heterocycles. The van der Waals surface area contributed by atoms with Crippen molar-refractivity contribution in [2.45, 2.75) is 53.0 Å². The van der Waals surface area contributed by atoms with E-state index in [1.54, 1.807) is 11.8 Å². The van der Waals surface area contributed by atoms with Crippen molar-refractivity contribution in [2.75, 3.05) is 13.2 Å². The van der Waals surface area contributed by atoms with Gasteiger partial charge in [0.25, 0.3) is 5.91 Å². The normalized spacial score (nSPS) is 16.5. The van der Waals surface area contributed by atoms with Gasteiger partial charge in [-0.15, -0.1) is 11.3 Å². The van der Waals surface area contributed by atoms with Crippen molar-refractivity contribution < 1.29 is 19.4 Å². The lowest BCUT2D eigenvalue weighted by Gasteiger charge is -2.26. The van der Waals surface area contributed by atoms with Gasteiger partial charge in [-0.3, -0.25) is 9.59 Å². The number of aliphatic hydroxyl groups excluding tert-OH is 1. The number of benzene rings is 1. The first-order valence-electron chi connectivity index (χ1n) is 10.3. The van der Waals surface area contributed by atoms with Gasteiger partial charge in [-0.1, -0.05) is 32.4 Å². The van der Waals surface area contributed by atoms with Crippen LogP contribution in [0.2, 0.25) is 0 Å². The summed E-state index contributed by atoms with van der Waals surface area (Å²) >= 11 is 1.28. The monoisotopic (exact) mass is 428 g/mol. The maximum Gasteiger partial charge on any atom is 0.290 e. The molecule has 0 saturated carbocycles. The largest absolute Gasteiger partial charge is 0.503 e. The maximum absolute atomic E-state index is 13.4. The van der Waals surface area contributed by atoms with E-state index >= 15 is 0 Å². The van der Waals surface area contributed by atoms with Crippen LogP contribution in [0.15, 0.2) is 35.6 Å². The number of hydrogen-bond acceptors (Lipinski definition) is 6. The van der Waals surface area contributed by atoms with Gasteiger partial charge < -0.3 is 14.7 Å². The molecule has 0 radical (unpaired) electrons. The first-order chi connectivity index (χ1) is 14.4. The summed E-state index contributed by atoms with van der Waals surface area (Å²) in [4.78, 5) is 32.5. The Morgan fingerprint density at radius 3 is 2.47 bits per heavy atom. The highest BCUT2D eigenvalue weighted by atomic mass is 32.1. The van der Waals surface area contributed by atoms with Gasteiger partial charge in [0.15, 0.2) is 5.76 Å². The van der Waals surface area contributed by atoms with Gasteiger partial charge in [-0.2, -0.15) is 0 Å². The predicted molar refractivity (Wildman–Crippen MR) is 117 cm³/mol. The van der Waals surface area contributed by atoms with Gasteiger partial charge >= 0.3 is 0 Å². The van der Waals surface area contributed by atoms with E-state index in [-0.39, 0.29) is 11.4 Å². The molecule has 1 aromatic carbocycles. The van der Waals surface area contributed by atoms with E-state index in [4.69, 9.17) is 4.74 Å². The molecule has 2 aromatic rings. The summed E-state index contributed by atoms with van der Waals surface area (Å²) in [5, 5.41) is 11.4. The molecule has 0 bridgehead atoms. The standard InChI is InChI=1S/C23H28N2O4S/c1-5-7-13-29-17-10-8-16(9-11-17)19-18(21(27)23(28)25(19)12-6-2)20(26)22-14(3)24-15(4)30-22/h8-11,19,27H,5-7,12-13H2,1-4H3. The Balaban J connectivity index is 1.98. The fraction of sp³-hybridized carbons (Fsp3) is 0.435. The van der Waals surface area contributed by atoms with Gasteiger partial charge in [0.2, 0.25) is 5.78 Å². The summed E-state index contributed by atoms with van der Waals surface area (Å²) in [5.74, 6) is -0.566. The molecule has 7 heteroatoms. The second kappa shape index (κ2) is 9.43. The number of amides is 1. The Morgan fingerprint density at radius 1 is 1.20 bits per heavy atom. The zero-order valence-corrected chi connectivity index (χ0v) is 18.7. The minimum atomic E-state index is -0.628. The summed E-state index contributed by atoms with van der Waals surface area (Å²) in [6.07, 6.45) is 2.75. The van der Waals surface area contributed by atoms with Crippen molar-refractivity contribution in [3.8, 4) is 5.75 Å². The highest BCUT2D eigenvalue weighted by molar-refractivity contribution is 7.14. The number of aliphatic hydroxyl groups is 1. The van der Waals surface area contributed by atoms with Gasteiger partial charge in [0, 0.05) is 6.54 Å². The van der Waals surface area contributed by atoms with Crippen molar-refractivity contribution in [1.29, 1.82) is 0 Å². The van der Waals surface area contributed by atoms with Crippen molar-refractivity contribution in [2.24, 2.45) is 0 Å². The number of hydrogen-bond donors (Lipinski definition) is 1. The molecule has 2 heterocycles. The van der Waals surface area contributed by atoms with Crippen molar-refractivity contribution >= 4 is 23.0 Å². The minimum absolute atomic E-state index is 0.125. The minimum Gasteiger partial charge on any atom is -0.503 e. The first-order valence-corrected chi connectivity index (χ1v) is 11.2. The van der Waals surface area contributed by atoms with E-state index in [0.29, 0.717) is 30.1 Å². The molecular formula is C23H28N2O4S. The number of ketones is 1. The number of aryl methyl sites for hydroxylation is 2. The SMILES string of the molecule is CCCCOc1ccc(C2C(C(=O)c3sc(C)nc3C)=C(O)C(=O)N2CCC)cc1. The van der Waals surface area contributed by atoms with Crippen LogP contribution in [0.25, 0.3) is 0 Å². The number of Topliss-reactive ketones (excluding diaryl/α,β-unsaturated/α-hetero) is 1. The first kappa shape index (κ1) is 22.0. The van der Waals surface area contributed by atoms with Gasteiger partial charge in [0.1, 0.15) is 5.75 Å². The number of carbonyl (C=O) groups excluding carboxylic acids is 2. The number of thiazole rings is 1. The van der Waals surface area contributed by atoms with E-state index in [9.17, 15) is 14.7 Å². The molecule has 1 unspecified atom stereocenters. The molecule has 3 rings (SSSR count). The predicted octanol–water partition coefficient (Wildman–Crippen LogP) is 4.93. The number of unbranched alkanes of at least 4 members (excludes halogenated alkanes) is 1. The Kier molecular flexibility index (Phi) is 6.92. The summed E-state index contributed by atoms with van der Waals surface area (Å²) in [6.45, 7) is 8.76. The topological polar surface area (TPSA) is 79.7 Å². The average Bonchev–Trinajstić information content (AvgIpc) is 3.19. The van der Waals surface area contributed by atoms with E-state index in [1.165, 1.54) is 11.3 Å². The van der Waals surface area contributed by atoms with Crippen LogP contribution in [-0.4, -0.2) is 39.8 Å². The molecule has 6 nitrogen and oxygen atoms in total. The summed E-state index contributed by atoms with van der Waals surface area (Å²) in [6, 6.07) is 6.78. The van der Waals surface area contributed by atoms with E-state index in [1.807, 2.05) is 38.1 Å². The van der Waals surface area contributed by atoms with E-state index < -0.39 is 17.7 Å². The average molecular weight is 429 g/mol. The zero-order valence-electron chi connectivity index (χ0n) is 17.9. The third kappa shape index (κ3) is 4.26. The lowest BCUT2D eigenvalue weighted by atomic mass is 9.95. The molecule has 1 aliphatic rings. The lowest BCUT2D eigenvalue weighted by molar-refractivity contribution is -0.129. The molecule has 1 amide bonds. The molecule has 1 N–H and O–H groups in total. The van der Waals surface area contributed by atoms with Crippen molar-refractivity contribution in [3.05, 3.63) is 56.7 Å². The fourth-order valence-corrected chi connectivity index (χ4v) is 4.52. The van der Waals surface area contributed by atoms with Crippen LogP contribution in [0.1, 0.15) is 65.1 Å². The maximum atomic E-state index is 13.4. The highest BCUT2D eigenvalue weighted by Crippen LogP contribution is 2.40. The molecule has 160 valence electrons. The smallest absolute Gasteiger partial charge is 0.290 e. The van der Waals surface area contributed by atoms with Crippen LogP contribution in [0.3, 0.4) is 0 Å². The Labute approximate surface area is 181 Å². The molecule has 0 saturated heterocycles.